The van der Waals surface area contributed by atoms with E-state index in [-0.39, 0.29) is 0 Å². The Morgan fingerprint density at radius 2 is 0.628 bits per heavy atom. The first-order valence-electron chi connectivity index (χ1n) is 28.3. The number of fused-ring (bicyclic) bond motifs is 6. The maximum atomic E-state index is 6.19. The fourth-order valence-corrected chi connectivity index (χ4v) is 12.3. The summed E-state index contributed by atoms with van der Waals surface area (Å²) in [5, 5.41) is 15.1. The summed E-state index contributed by atoms with van der Waals surface area (Å²) >= 11 is 0. The molecule has 0 aliphatic carbocycles. The zero-order chi connectivity index (χ0) is 52.7. The van der Waals surface area contributed by atoms with Crippen LogP contribution in [-0.2, 0) is 12.8 Å². The first-order chi connectivity index (χ1) is 38.6. The average Bonchev–Trinajstić information content (AvgIpc) is 3.71. The van der Waals surface area contributed by atoms with Gasteiger partial charge >= 0.3 is 0 Å². The van der Waals surface area contributed by atoms with Gasteiger partial charge in [-0.05, 0) is 198 Å². The Labute approximate surface area is 458 Å². The third-order valence-corrected chi connectivity index (χ3v) is 16.1. The van der Waals surface area contributed by atoms with Gasteiger partial charge in [0.15, 0.2) is 0 Å². The minimum atomic E-state index is 0.714. The van der Waals surface area contributed by atoms with E-state index in [9.17, 15) is 0 Å². The molecule has 13 rings (SSSR count). The van der Waals surface area contributed by atoms with Gasteiger partial charge in [-0.3, -0.25) is 0 Å². The molecule has 0 aliphatic rings. The van der Waals surface area contributed by atoms with Crippen LogP contribution in [0.1, 0.15) is 64.5 Å². The molecule has 0 spiro atoms. The van der Waals surface area contributed by atoms with Crippen LogP contribution in [0.3, 0.4) is 0 Å². The standard InChI is InChI=1S/C74H64N2O2/c1-5-9-47-77-57-39-35-55(36-40-57)75(53-31-27-49(7-3)28-32-53)65-45-43-63-69-59(65)23-17-25-61(69)71-67(51-19-13-11-14-20-51)74-64-44-46-66(60-24-18-26-62(70(60)64)72(74)68(73(63)71)52-21-15-12-16-22-52)76(54-33-29-50(8-4)30-34-54)56-37-41-58(42-38-56)78-48-10-6-2/h11-46H,5-10,47-48H2,1-4H3. The summed E-state index contributed by atoms with van der Waals surface area (Å²) in [5.41, 5.74) is 14.3. The first-order valence-corrected chi connectivity index (χ1v) is 28.3. The Bertz CT molecular complexity index is 3880. The van der Waals surface area contributed by atoms with Crippen LogP contribution in [0.4, 0.5) is 34.1 Å². The maximum absolute atomic E-state index is 6.19. The van der Waals surface area contributed by atoms with E-state index in [0.717, 1.165) is 84.1 Å². The van der Waals surface area contributed by atoms with Crippen molar-refractivity contribution >= 4 is 98.8 Å². The molecule has 0 saturated heterocycles. The molecule has 0 aromatic heterocycles. The Hall–Kier alpha value is -8.86. The van der Waals surface area contributed by atoms with Crippen molar-refractivity contribution < 1.29 is 9.47 Å². The molecule has 13 aromatic carbocycles. The van der Waals surface area contributed by atoms with E-state index in [2.05, 4.69) is 256 Å². The van der Waals surface area contributed by atoms with Crippen LogP contribution < -0.4 is 19.3 Å². The molecule has 78 heavy (non-hydrogen) atoms. The average molecular weight is 1010 g/mol. The van der Waals surface area contributed by atoms with E-state index in [1.165, 1.54) is 98.0 Å². The highest BCUT2D eigenvalue weighted by Crippen LogP contribution is 2.57. The normalized spacial score (nSPS) is 11.7. The van der Waals surface area contributed by atoms with Crippen molar-refractivity contribution in [3.05, 3.63) is 230 Å². The lowest BCUT2D eigenvalue weighted by atomic mass is 9.87. The molecule has 0 heterocycles. The summed E-state index contributed by atoms with van der Waals surface area (Å²) < 4.78 is 12.4. The largest absolute Gasteiger partial charge is 0.494 e. The van der Waals surface area contributed by atoms with Gasteiger partial charge in [0.25, 0.3) is 0 Å². The number of benzene rings is 11. The van der Waals surface area contributed by atoms with E-state index in [0.29, 0.717) is 13.2 Å². The molecule has 0 unspecified atom stereocenters. The third kappa shape index (κ3) is 8.39. The lowest BCUT2D eigenvalue weighted by Crippen LogP contribution is -2.10. The van der Waals surface area contributed by atoms with Gasteiger partial charge in [-0.15, -0.1) is 0 Å². The number of unbranched alkanes of at least 4 members (excludes halogenated alkanes) is 2. The molecule has 13 aromatic rings. The van der Waals surface area contributed by atoms with Gasteiger partial charge in [0, 0.05) is 33.5 Å². The number of aryl methyl sites for hydroxylation is 2. The summed E-state index contributed by atoms with van der Waals surface area (Å²) in [6.07, 6.45) is 6.23. The fraction of sp³-hybridized carbons (Fsp3) is 0.162. The SMILES string of the molecule is CCCCOc1ccc(N(c2ccc(CC)cc2)c2ccc3c4c(-c5ccccc5)c5c6cccc7c(N(c8ccc(CC)cc8)c8ccc(OCCCC)cc8)ccc(c5c(-c5ccccc5)c4c4cccc2c43)c76)cc1. The number of anilines is 6. The molecule has 0 radical (unpaired) electrons. The Kier molecular flexibility index (Phi) is 13.1. The van der Waals surface area contributed by atoms with Crippen molar-refractivity contribution in [1.82, 2.24) is 0 Å². The highest BCUT2D eigenvalue weighted by Gasteiger charge is 2.30. The summed E-state index contributed by atoms with van der Waals surface area (Å²) in [4.78, 5) is 4.87. The molecular weight excluding hydrogens is 949 g/mol. The van der Waals surface area contributed by atoms with Crippen LogP contribution in [0.15, 0.2) is 218 Å². The lowest BCUT2D eigenvalue weighted by molar-refractivity contribution is 0.309. The molecular formula is C74H64N2O2. The van der Waals surface area contributed by atoms with Crippen LogP contribution >= 0.6 is 0 Å². The molecule has 0 saturated carbocycles. The molecule has 4 nitrogen and oxygen atoms in total. The van der Waals surface area contributed by atoms with Gasteiger partial charge in [-0.1, -0.05) is 174 Å². The number of ether oxygens (including phenoxy) is 2. The molecule has 0 N–H and O–H groups in total. The summed E-state index contributed by atoms with van der Waals surface area (Å²) in [7, 11) is 0. The predicted molar refractivity (Wildman–Crippen MR) is 334 cm³/mol. The predicted octanol–water partition coefficient (Wildman–Crippen LogP) is 21.2. The second-order valence-corrected chi connectivity index (χ2v) is 20.8. The van der Waals surface area contributed by atoms with Crippen molar-refractivity contribution in [3.63, 3.8) is 0 Å². The third-order valence-electron chi connectivity index (χ3n) is 16.1. The lowest BCUT2D eigenvalue weighted by Gasteiger charge is -2.27. The smallest absolute Gasteiger partial charge is 0.119 e. The van der Waals surface area contributed by atoms with E-state index in [1.807, 2.05) is 0 Å². The van der Waals surface area contributed by atoms with Gasteiger partial charge in [0.1, 0.15) is 11.5 Å². The molecule has 0 amide bonds. The Morgan fingerprint density at radius 3 is 0.974 bits per heavy atom. The zero-order valence-electron chi connectivity index (χ0n) is 45.2. The number of nitrogens with zero attached hydrogens (tertiary/aromatic N) is 2. The van der Waals surface area contributed by atoms with Crippen molar-refractivity contribution in [3.8, 4) is 33.8 Å². The number of hydrogen-bond donors (Lipinski definition) is 0. The highest BCUT2D eigenvalue weighted by molar-refractivity contribution is 6.47. The highest BCUT2D eigenvalue weighted by atomic mass is 16.5. The van der Waals surface area contributed by atoms with Crippen molar-refractivity contribution in [2.24, 2.45) is 0 Å². The molecule has 382 valence electrons. The fourth-order valence-electron chi connectivity index (χ4n) is 12.3. The minimum Gasteiger partial charge on any atom is -0.494 e. The van der Waals surface area contributed by atoms with Crippen molar-refractivity contribution in [2.75, 3.05) is 23.0 Å². The van der Waals surface area contributed by atoms with Crippen LogP contribution in [0.25, 0.3) is 86.9 Å². The van der Waals surface area contributed by atoms with Gasteiger partial charge in [0.2, 0.25) is 0 Å². The quantitative estimate of drug-likeness (QED) is 0.0800. The summed E-state index contributed by atoms with van der Waals surface area (Å²) in [6.45, 7) is 10.3. The molecule has 0 atom stereocenters. The minimum absolute atomic E-state index is 0.714. The van der Waals surface area contributed by atoms with Crippen LogP contribution in [-0.4, -0.2) is 13.2 Å². The number of hydrogen-bond acceptors (Lipinski definition) is 4. The maximum Gasteiger partial charge on any atom is 0.119 e. The zero-order valence-corrected chi connectivity index (χ0v) is 45.2. The second kappa shape index (κ2) is 20.9. The topological polar surface area (TPSA) is 24.9 Å². The van der Waals surface area contributed by atoms with E-state index >= 15 is 0 Å². The van der Waals surface area contributed by atoms with E-state index in [1.54, 1.807) is 0 Å². The van der Waals surface area contributed by atoms with Gasteiger partial charge in [0.05, 0.1) is 24.6 Å². The first kappa shape index (κ1) is 48.8. The molecule has 0 fully saturated rings. The summed E-state index contributed by atoms with van der Waals surface area (Å²) in [5.74, 6) is 1.79. The van der Waals surface area contributed by atoms with Crippen molar-refractivity contribution in [1.29, 1.82) is 0 Å². The van der Waals surface area contributed by atoms with Crippen LogP contribution in [0.2, 0.25) is 0 Å². The molecule has 0 bridgehead atoms. The number of rotatable bonds is 18. The second-order valence-electron chi connectivity index (χ2n) is 20.8. The van der Waals surface area contributed by atoms with Gasteiger partial charge in [-0.2, -0.15) is 0 Å². The van der Waals surface area contributed by atoms with Gasteiger partial charge < -0.3 is 19.3 Å². The molecule has 4 heteroatoms. The van der Waals surface area contributed by atoms with Crippen LogP contribution in [0, 0.1) is 0 Å². The Balaban J connectivity index is 1.10. The van der Waals surface area contributed by atoms with Gasteiger partial charge in [-0.25, -0.2) is 0 Å². The van der Waals surface area contributed by atoms with E-state index < -0.39 is 0 Å². The Morgan fingerprint density at radius 1 is 0.295 bits per heavy atom. The monoisotopic (exact) mass is 1010 g/mol. The van der Waals surface area contributed by atoms with Crippen LogP contribution in [0.5, 0.6) is 11.5 Å². The van der Waals surface area contributed by atoms with E-state index in [4.69, 9.17) is 9.47 Å². The molecule has 0 aliphatic heterocycles. The summed E-state index contributed by atoms with van der Waals surface area (Å²) in [6, 6.07) is 81.4. The van der Waals surface area contributed by atoms with Crippen molar-refractivity contribution in [2.45, 2.75) is 66.2 Å².